The molecular formula is C16H23BrO. The van der Waals surface area contributed by atoms with Gasteiger partial charge < -0.3 is 0 Å². The Morgan fingerprint density at radius 1 is 1.06 bits per heavy atom. The lowest BCUT2D eigenvalue weighted by molar-refractivity contribution is 0.0988. The zero-order chi connectivity index (χ0) is 13.7. The van der Waals surface area contributed by atoms with Crippen LogP contribution in [0.5, 0.6) is 0 Å². The van der Waals surface area contributed by atoms with Gasteiger partial charge in [0.2, 0.25) is 0 Å². The molecule has 0 aliphatic carbocycles. The third kappa shape index (κ3) is 3.23. The molecule has 0 spiro atoms. The standard InChI is InChI=1S/C16H23BrO/c1-5-11-9-12(6-2)15(13(7-3)10-11)16(18)14(17)8-4/h9-10,14H,5-8H2,1-4H3. The van der Waals surface area contributed by atoms with Gasteiger partial charge in [0.15, 0.2) is 5.78 Å². The van der Waals surface area contributed by atoms with Crippen LogP contribution in [0.2, 0.25) is 0 Å². The van der Waals surface area contributed by atoms with Gasteiger partial charge in [-0.3, -0.25) is 4.79 Å². The minimum atomic E-state index is -0.0550. The molecule has 2 heteroatoms. The van der Waals surface area contributed by atoms with Crippen molar-refractivity contribution in [2.45, 2.75) is 58.2 Å². The predicted octanol–water partition coefficient (Wildman–Crippen LogP) is 4.73. The molecule has 0 fully saturated rings. The Labute approximate surface area is 119 Å². The summed E-state index contributed by atoms with van der Waals surface area (Å²) in [6.45, 7) is 8.45. The first-order valence-corrected chi connectivity index (χ1v) is 7.83. The number of aryl methyl sites for hydroxylation is 3. The van der Waals surface area contributed by atoms with Crippen molar-refractivity contribution in [1.82, 2.24) is 0 Å². The van der Waals surface area contributed by atoms with E-state index in [9.17, 15) is 4.79 Å². The number of Topliss-reactive ketones (excluding diaryl/α,β-unsaturated/α-hetero) is 1. The summed E-state index contributed by atoms with van der Waals surface area (Å²) in [4.78, 5) is 12.4. The number of benzene rings is 1. The Morgan fingerprint density at radius 2 is 1.56 bits per heavy atom. The highest BCUT2D eigenvalue weighted by atomic mass is 79.9. The van der Waals surface area contributed by atoms with Crippen molar-refractivity contribution in [2.75, 3.05) is 0 Å². The molecule has 18 heavy (non-hydrogen) atoms. The molecule has 0 saturated carbocycles. The van der Waals surface area contributed by atoms with Gasteiger partial charge in [-0.1, -0.05) is 55.8 Å². The highest BCUT2D eigenvalue weighted by molar-refractivity contribution is 9.10. The van der Waals surface area contributed by atoms with E-state index in [0.717, 1.165) is 31.2 Å². The second-order valence-corrected chi connectivity index (χ2v) is 5.70. The minimum Gasteiger partial charge on any atom is -0.293 e. The van der Waals surface area contributed by atoms with E-state index in [2.05, 4.69) is 48.8 Å². The fourth-order valence-electron chi connectivity index (χ4n) is 2.26. The van der Waals surface area contributed by atoms with Crippen molar-refractivity contribution >= 4 is 21.7 Å². The number of carbonyl (C=O) groups is 1. The second kappa shape index (κ2) is 7.08. The van der Waals surface area contributed by atoms with E-state index in [1.54, 1.807) is 0 Å². The average molecular weight is 311 g/mol. The van der Waals surface area contributed by atoms with Crippen molar-refractivity contribution in [3.05, 3.63) is 34.4 Å². The quantitative estimate of drug-likeness (QED) is 0.548. The van der Waals surface area contributed by atoms with E-state index in [-0.39, 0.29) is 10.6 Å². The molecule has 0 aromatic heterocycles. The van der Waals surface area contributed by atoms with Crippen LogP contribution in [-0.4, -0.2) is 10.6 Å². The number of halogens is 1. The largest absolute Gasteiger partial charge is 0.293 e. The van der Waals surface area contributed by atoms with Gasteiger partial charge in [-0.15, -0.1) is 0 Å². The van der Waals surface area contributed by atoms with Crippen LogP contribution in [0, 0.1) is 0 Å². The molecule has 1 aromatic rings. The fourth-order valence-corrected chi connectivity index (χ4v) is 2.49. The molecule has 1 aromatic carbocycles. The van der Waals surface area contributed by atoms with Gasteiger partial charge in [0, 0.05) is 5.56 Å². The van der Waals surface area contributed by atoms with Crippen LogP contribution in [0.4, 0.5) is 0 Å². The maximum atomic E-state index is 12.5. The van der Waals surface area contributed by atoms with Gasteiger partial charge in [0.1, 0.15) is 0 Å². The van der Waals surface area contributed by atoms with Crippen LogP contribution in [-0.2, 0) is 19.3 Å². The molecular weight excluding hydrogens is 288 g/mol. The molecule has 1 nitrogen and oxygen atoms in total. The summed E-state index contributed by atoms with van der Waals surface area (Å²) in [5, 5.41) is 0. The summed E-state index contributed by atoms with van der Waals surface area (Å²) in [6, 6.07) is 4.39. The maximum Gasteiger partial charge on any atom is 0.176 e. The van der Waals surface area contributed by atoms with Crippen molar-refractivity contribution in [1.29, 1.82) is 0 Å². The van der Waals surface area contributed by atoms with Crippen LogP contribution in [0.3, 0.4) is 0 Å². The molecule has 0 amide bonds. The average Bonchev–Trinajstić information content (AvgIpc) is 2.43. The number of ketones is 1. The molecule has 0 aliphatic heterocycles. The summed E-state index contributed by atoms with van der Waals surface area (Å²) >= 11 is 3.49. The number of carbonyl (C=O) groups excluding carboxylic acids is 1. The summed E-state index contributed by atoms with van der Waals surface area (Å²) in [5.41, 5.74) is 4.70. The SMILES string of the molecule is CCc1cc(CC)c(C(=O)C(Br)CC)c(CC)c1. The number of rotatable bonds is 6. The molecule has 0 bridgehead atoms. The Morgan fingerprint density at radius 3 is 1.89 bits per heavy atom. The molecule has 1 unspecified atom stereocenters. The summed E-state index contributed by atoms with van der Waals surface area (Å²) in [5.74, 6) is 0.244. The van der Waals surface area contributed by atoms with E-state index >= 15 is 0 Å². The molecule has 1 atom stereocenters. The van der Waals surface area contributed by atoms with Crippen LogP contribution in [0.1, 0.15) is 61.2 Å². The summed E-state index contributed by atoms with van der Waals surface area (Å²) in [7, 11) is 0. The smallest absolute Gasteiger partial charge is 0.176 e. The zero-order valence-electron chi connectivity index (χ0n) is 11.8. The van der Waals surface area contributed by atoms with Crippen LogP contribution < -0.4 is 0 Å². The van der Waals surface area contributed by atoms with Crippen molar-refractivity contribution in [3.63, 3.8) is 0 Å². The number of hydrogen-bond donors (Lipinski definition) is 0. The molecule has 0 radical (unpaired) electrons. The molecule has 100 valence electrons. The second-order valence-electron chi connectivity index (χ2n) is 4.59. The first kappa shape index (κ1) is 15.4. The number of alkyl halides is 1. The van der Waals surface area contributed by atoms with E-state index in [1.165, 1.54) is 16.7 Å². The third-order valence-corrected chi connectivity index (χ3v) is 4.48. The normalized spacial score (nSPS) is 12.5. The van der Waals surface area contributed by atoms with E-state index < -0.39 is 0 Å². The highest BCUT2D eigenvalue weighted by Crippen LogP contribution is 2.24. The van der Waals surface area contributed by atoms with Gasteiger partial charge >= 0.3 is 0 Å². The van der Waals surface area contributed by atoms with Crippen molar-refractivity contribution in [3.8, 4) is 0 Å². The van der Waals surface area contributed by atoms with Crippen molar-refractivity contribution < 1.29 is 4.79 Å². The summed E-state index contributed by atoms with van der Waals surface area (Å²) in [6.07, 6.45) is 3.71. The van der Waals surface area contributed by atoms with Crippen LogP contribution in [0.15, 0.2) is 12.1 Å². The van der Waals surface area contributed by atoms with Crippen LogP contribution >= 0.6 is 15.9 Å². The number of hydrogen-bond acceptors (Lipinski definition) is 1. The Kier molecular flexibility index (Phi) is 6.07. The minimum absolute atomic E-state index is 0.0550. The highest BCUT2D eigenvalue weighted by Gasteiger charge is 2.21. The van der Waals surface area contributed by atoms with Crippen LogP contribution in [0.25, 0.3) is 0 Å². The van der Waals surface area contributed by atoms with Gasteiger partial charge in [-0.25, -0.2) is 0 Å². The third-order valence-electron chi connectivity index (χ3n) is 3.42. The predicted molar refractivity (Wildman–Crippen MR) is 81.9 cm³/mol. The molecule has 0 saturated heterocycles. The lowest BCUT2D eigenvalue weighted by Gasteiger charge is -2.16. The Hall–Kier alpha value is -0.630. The van der Waals surface area contributed by atoms with Gasteiger partial charge in [0.25, 0.3) is 0 Å². The Balaban J connectivity index is 3.35. The molecule has 0 aliphatic rings. The maximum absolute atomic E-state index is 12.5. The lowest BCUT2D eigenvalue weighted by atomic mass is 9.90. The molecule has 0 heterocycles. The van der Waals surface area contributed by atoms with E-state index in [1.807, 2.05) is 6.92 Å². The van der Waals surface area contributed by atoms with E-state index in [0.29, 0.717) is 0 Å². The van der Waals surface area contributed by atoms with E-state index in [4.69, 9.17) is 0 Å². The van der Waals surface area contributed by atoms with Gasteiger partial charge in [0.05, 0.1) is 4.83 Å². The fraction of sp³-hybridized carbons (Fsp3) is 0.562. The molecule has 0 N–H and O–H groups in total. The van der Waals surface area contributed by atoms with Gasteiger partial charge in [-0.05, 0) is 42.4 Å². The molecule has 1 rings (SSSR count). The Bertz CT molecular complexity index is 398. The zero-order valence-corrected chi connectivity index (χ0v) is 13.4. The topological polar surface area (TPSA) is 17.1 Å². The summed E-state index contributed by atoms with van der Waals surface area (Å²) < 4.78 is 0. The van der Waals surface area contributed by atoms with Crippen molar-refractivity contribution in [2.24, 2.45) is 0 Å². The first-order chi connectivity index (χ1) is 8.58. The lowest BCUT2D eigenvalue weighted by Crippen LogP contribution is -2.18. The van der Waals surface area contributed by atoms with Gasteiger partial charge in [-0.2, -0.15) is 0 Å². The monoisotopic (exact) mass is 310 g/mol. The first-order valence-electron chi connectivity index (χ1n) is 6.91.